The maximum atomic E-state index is 11.6. The van der Waals surface area contributed by atoms with Crippen LogP contribution >= 0.6 is 11.6 Å². The normalized spacial score (nSPS) is 10.0. The fourth-order valence-electron chi connectivity index (χ4n) is 1.87. The van der Waals surface area contributed by atoms with Crippen molar-refractivity contribution in [3.8, 4) is 17.2 Å². The van der Waals surface area contributed by atoms with Gasteiger partial charge < -0.3 is 14.2 Å². The molecule has 2 aromatic carbocycles. The molecule has 0 saturated heterocycles. The van der Waals surface area contributed by atoms with Crippen molar-refractivity contribution in [3.05, 3.63) is 53.6 Å². The van der Waals surface area contributed by atoms with E-state index < -0.39 is 5.24 Å². The van der Waals surface area contributed by atoms with Crippen LogP contribution < -0.4 is 14.2 Å². The van der Waals surface area contributed by atoms with Gasteiger partial charge in [-0.25, -0.2) is 0 Å². The molecular formula is C16H15ClO4. The predicted molar refractivity (Wildman–Crippen MR) is 80.5 cm³/mol. The van der Waals surface area contributed by atoms with Crippen molar-refractivity contribution in [2.24, 2.45) is 0 Å². The summed E-state index contributed by atoms with van der Waals surface area (Å²) in [6, 6.07) is 12.8. The molecule has 0 aliphatic heterocycles. The molecule has 0 heterocycles. The average Bonchev–Trinajstić information content (AvgIpc) is 2.52. The smallest absolute Gasteiger partial charge is 0.256 e. The van der Waals surface area contributed by atoms with E-state index in [2.05, 4.69) is 0 Å². The van der Waals surface area contributed by atoms with Crippen LogP contribution in [0.4, 0.5) is 0 Å². The summed E-state index contributed by atoms with van der Waals surface area (Å²) in [6.07, 6.45) is 0. The Balaban J connectivity index is 2.34. The summed E-state index contributed by atoms with van der Waals surface area (Å²) in [5.74, 6) is 1.18. The van der Waals surface area contributed by atoms with E-state index >= 15 is 0 Å². The standard InChI is InChI=1S/C16H15ClO4/c1-19-12-8-13(16(17)18)15(14(9-12)20-2)21-10-11-6-4-3-5-7-11/h3-9H,10H2,1-2H3. The van der Waals surface area contributed by atoms with Gasteiger partial charge in [0.1, 0.15) is 12.4 Å². The molecule has 0 N–H and O–H groups in total. The van der Waals surface area contributed by atoms with Crippen LogP contribution in [0.3, 0.4) is 0 Å². The molecule has 0 saturated carbocycles. The van der Waals surface area contributed by atoms with Gasteiger partial charge in [-0.15, -0.1) is 0 Å². The molecule has 0 bridgehead atoms. The number of benzene rings is 2. The molecule has 0 aliphatic carbocycles. The van der Waals surface area contributed by atoms with Crippen LogP contribution in [0, 0.1) is 0 Å². The van der Waals surface area contributed by atoms with Crippen molar-refractivity contribution in [2.75, 3.05) is 14.2 Å². The Morgan fingerprint density at radius 3 is 2.38 bits per heavy atom. The summed E-state index contributed by atoms with van der Waals surface area (Å²) in [7, 11) is 2.99. The highest BCUT2D eigenvalue weighted by Crippen LogP contribution is 2.37. The number of rotatable bonds is 6. The second-order valence-electron chi connectivity index (χ2n) is 4.25. The number of halogens is 1. The van der Waals surface area contributed by atoms with Crippen LogP contribution in [0.1, 0.15) is 15.9 Å². The van der Waals surface area contributed by atoms with Gasteiger partial charge in [0.2, 0.25) is 0 Å². The summed E-state index contributed by atoms with van der Waals surface area (Å²) in [4.78, 5) is 11.6. The van der Waals surface area contributed by atoms with E-state index in [4.69, 9.17) is 25.8 Å². The monoisotopic (exact) mass is 306 g/mol. The zero-order valence-electron chi connectivity index (χ0n) is 11.8. The molecule has 0 unspecified atom stereocenters. The first-order chi connectivity index (χ1) is 10.2. The van der Waals surface area contributed by atoms with Crippen molar-refractivity contribution in [2.45, 2.75) is 6.61 Å². The molecule has 2 aromatic rings. The lowest BCUT2D eigenvalue weighted by molar-refractivity contribution is 0.107. The highest BCUT2D eigenvalue weighted by Gasteiger charge is 2.18. The van der Waals surface area contributed by atoms with Gasteiger partial charge in [0.15, 0.2) is 11.5 Å². The lowest BCUT2D eigenvalue weighted by Crippen LogP contribution is -2.03. The second kappa shape index (κ2) is 6.99. The molecule has 2 rings (SSSR count). The number of hydrogen-bond donors (Lipinski definition) is 0. The number of hydrogen-bond acceptors (Lipinski definition) is 4. The molecule has 4 nitrogen and oxygen atoms in total. The fraction of sp³-hybridized carbons (Fsp3) is 0.188. The Labute approximate surface area is 128 Å². The van der Waals surface area contributed by atoms with Gasteiger partial charge in [0.25, 0.3) is 5.24 Å². The highest BCUT2D eigenvalue weighted by molar-refractivity contribution is 6.68. The van der Waals surface area contributed by atoms with E-state index in [0.717, 1.165) is 5.56 Å². The molecule has 0 aliphatic rings. The maximum Gasteiger partial charge on any atom is 0.256 e. The number of carbonyl (C=O) groups is 1. The third-order valence-electron chi connectivity index (χ3n) is 2.92. The SMILES string of the molecule is COc1cc(OC)c(OCc2ccccc2)c(C(=O)Cl)c1. The minimum Gasteiger partial charge on any atom is -0.497 e. The second-order valence-corrected chi connectivity index (χ2v) is 4.60. The Morgan fingerprint density at radius 2 is 1.81 bits per heavy atom. The molecule has 0 aromatic heterocycles. The number of methoxy groups -OCH3 is 2. The molecule has 110 valence electrons. The van der Waals surface area contributed by atoms with E-state index in [-0.39, 0.29) is 5.56 Å². The van der Waals surface area contributed by atoms with Crippen molar-refractivity contribution >= 4 is 16.8 Å². The van der Waals surface area contributed by atoms with Crippen molar-refractivity contribution in [3.63, 3.8) is 0 Å². The van der Waals surface area contributed by atoms with Gasteiger partial charge in [-0.05, 0) is 23.2 Å². The van der Waals surface area contributed by atoms with Gasteiger partial charge in [0, 0.05) is 6.07 Å². The molecule has 0 radical (unpaired) electrons. The predicted octanol–water partition coefficient (Wildman–Crippen LogP) is 3.66. The van der Waals surface area contributed by atoms with E-state index in [9.17, 15) is 4.79 Å². The first kappa shape index (κ1) is 15.2. The van der Waals surface area contributed by atoms with Gasteiger partial charge in [-0.1, -0.05) is 30.3 Å². The third-order valence-corrected chi connectivity index (χ3v) is 3.13. The third kappa shape index (κ3) is 3.67. The molecular weight excluding hydrogens is 292 g/mol. The van der Waals surface area contributed by atoms with Crippen LogP contribution in [-0.2, 0) is 6.61 Å². The van der Waals surface area contributed by atoms with Crippen LogP contribution in [0.2, 0.25) is 0 Å². The van der Waals surface area contributed by atoms with Crippen LogP contribution in [-0.4, -0.2) is 19.5 Å². The summed E-state index contributed by atoms with van der Waals surface area (Å²) >= 11 is 5.62. The van der Waals surface area contributed by atoms with Crippen molar-refractivity contribution < 1.29 is 19.0 Å². The minimum absolute atomic E-state index is 0.212. The average molecular weight is 307 g/mol. The molecule has 21 heavy (non-hydrogen) atoms. The summed E-state index contributed by atoms with van der Waals surface area (Å²) in [5.41, 5.74) is 1.19. The van der Waals surface area contributed by atoms with E-state index in [1.807, 2.05) is 30.3 Å². The van der Waals surface area contributed by atoms with Gasteiger partial charge in [-0.2, -0.15) is 0 Å². The highest BCUT2D eigenvalue weighted by atomic mass is 35.5. The van der Waals surface area contributed by atoms with Gasteiger partial charge >= 0.3 is 0 Å². The molecule has 0 spiro atoms. The molecule has 0 atom stereocenters. The van der Waals surface area contributed by atoms with E-state index in [0.29, 0.717) is 23.9 Å². The van der Waals surface area contributed by atoms with Crippen LogP contribution in [0.15, 0.2) is 42.5 Å². The number of ether oxygens (including phenoxy) is 3. The summed E-state index contributed by atoms with van der Waals surface area (Å²) in [6.45, 7) is 0.306. The molecule has 0 amide bonds. The maximum absolute atomic E-state index is 11.6. The number of carbonyl (C=O) groups excluding carboxylic acids is 1. The van der Waals surface area contributed by atoms with Crippen LogP contribution in [0.5, 0.6) is 17.2 Å². The first-order valence-electron chi connectivity index (χ1n) is 6.28. The zero-order valence-corrected chi connectivity index (χ0v) is 12.5. The molecule has 0 fully saturated rings. The largest absolute Gasteiger partial charge is 0.497 e. The topological polar surface area (TPSA) is 44.8 Å². The summed E-state index contributed by atoms with van der Waals surface area (Å²) in [5, 5.41) is -0.629. The van der Waals surface area contributed by atoms with E-state index in [1.165, 1.54) is 20.3 Å². The lowest BCUT2D eigenvalue weighted by atomic mass is 10.2. The Bertz CT molecular complexity index is 626. The summed E-state index contributed by atoms with van der Waals surface area (Å²) < 4.78 is 16.1. The fourth-order valence-corrected chi connectivity index (χ4v) is 2.01. The van der Waals surface area contributed by atoms with E-state index in [1.54, 1.807) is 6.07 Å². The van der Waals surface area contributed by atoms with Gasteiger partial charge in [-0.3, -0.25) is 4.79 Å². The Hall–Kier alpha value is -2.20. The zero-order chi connectivity index (χ0) is 15.2. The van der Waals surface area contributed by atoms with Crippen molar-refractivity contribution in [1.82, 2.24) is 0 Å². The minimum atomic E-state index is -0.629. The van der Waals surface area contributed by atoms with Crippen molar-refractivity contribution in [1.29, 1.82) is 0 Å². The Morgan fingerprint density at radius 1 is 1.10 bits per heavy atom. The lowest BCUT2D eigenvalue weighted by Gasteiger charge is -2.15. The molecule has 5 heteroatoms. The quantitative estimate of drug-likeness (QED) is 0.764. The van der Waals surface area contributed by atoms with Gasteiger partial charge in [0.05, 0.1) is 19.8 Å². The van der Waals surface area contributed by atoms with Crippen LogP contribution in [0.25, 0.3) is 0 Å². The first-order valence-corrected chi connectivity index (χ1v) is 6.66. The Kier molecular flexibility index (Phi) is 5.06.